The van der Waals surface area contributed by atoms with Crippen LogP contribution in [-0.2, 0) is 0 Å². The highest BCUT2D eigenvalue weighted by Crippen LogP contribution is 2.47. The van der Waals surface area contributed by atoms with Crippen molar-refractivity contribution in [2.45, 2.75) is 80.1 Å². The van der Waals surface area contributed by atoms with Gasteiger partial charge in [-0.3, -0.25) is 0 Å². The first-order valence-electron chi connectivity index (χ1n) is 12.2. The van der Waals surface area contributed by atoms with Crippen LogP contribution in [0.1, 0.15) is 92.7 Å². The van der Waals surface area contributed by atoms with E-state index in [4.69, 9.17) is 13.6 Å². The number of rotatable bonds is 9. The smallest absolute Gasteiger partial charge is 0.408 e. The first-order chi connectivity index (χ1) is 16.0. The molecule has 0 unspecified atom stereocenters. The summed E-state index contributed by atoms with van der Waals surface area (Å²) in [4.78, 5) is 0. The molecule has 0 amide bonds. The molecule has 0 spiro atoms. The zero-order valence-electron chi connectivity index (χ0n) is 22.1. The molecule has 0 aliphatic carbocycles. The molecule has 3 nitrogen and oxygen atoms in total. The third-order valence-corrected chi connectivity index (χ3v) is 6.93. The van der Waals surface area contributed by atoms with Crippen molar-refractivity contribution in [3.63, 3.8) is 0 Å². The molecule has 34 heavy (non-hydrogen) atoms. The quantitative estimate of drug-likeness (QED) is 0.286. The van der Waals surface area contributed by atoms with E-state index in [0.29, 0.717) is 17.8 Å². The third-order valence-electron chi connectivity index (χ3n) is 5.89. The first-order valence-corrected chi connectivity index (χ1v) is 13.3. The standard InChI is InChI=1S/C30H39O3P/c1-19(2)25-13-10-22(7)16-28(25)31-34(32-29-17-23(8)11-14-26(29)20(3)4)33-30-18-24(9)12-15-27(30)21(5)6/h10-21H,1-9H3. The van der Waals surface area contributed by atoms with E-state index in [1.165, 1.54) is 0 Å². The second-order valence-corrected chi connectivity index (χ2v) is 11.1. The highest BCUT2D eigenvalue weighted by atomic mass is 31.2. The molecule has 0 bridgehead atoms. The van der Waals surface area contributed by atoms with Crippen LogP contribution in [0.4, 0.5) is 0 Å². The zero-order chi connectivity index (χ0) is 25.0. The van der Waals surface area contributed by atoms with Gasteiger partial charge in [0.25, 0.3) is 0 Å². The lowest BCUT2D eigenvalue weighted by Crippen LogP contribution is -2.07. The van der Waals surface area contributed by atoms with Gasteiger partial charge in [0.1, 0.15) is 17.2 Å². The van der Waals surface area contributed by atoms with Crippen LogP contribution in [0.25, 0.3) is 0 Å². The molecule has 4 heteroatoms. The van der Waals surface area contributed by atoms with Crippen LogP contribution < -0.4 is 13.6 Å². The molecule has 0 atom stereocenters. The van der Waals surface area contributed by atoms with Crippen LogP contribution in [0, 0.1) is 20.8 Å². The Kier molecular flexibility index (Phi) is 8.66. The van der Waals surface area contributed by atoms with Gasteiger partial charge in [0, 0.05) is 0 Å². The Balaban J connectivity index is 2.06. The first kappa shape index (κ1) is 26.1. The second-order valence-electron chi connectivity index (χ2n) is 10.1. The topological polar surface area (TPSA) is 27.7 Å². The Morgan fingerprint density at radius 3 is 0.971 bits per heavy atom. The Morgan fingerprint density at radius 2 is 0.735 bits per heavy atom. The van der Waals surface area contributed by atoms with Gasteiger partial charge in [-0.1, -0.05) is 77.9 Å². The Morgan fingerprint density at radius 1 is 0.471 bits per heavy atom. The van der Waals surface area contributed by atoms with Crippen LogP contribution in [0.3, 0.4) is 0 Å². The molecule has 0 saturated carbocycles. The van der Waals surface area contributed by atoms with Gasteiger partial charge in [-0.05, 0) is 90.1 Å². The van der Waals surface area contributed by atoms with E-state index in [2.05, 4.69) is 117 Å². The van der Waals surface area contributed by atoms with Crippen molar-refractivity contribution in [3.8, 4) is 17.2 Å². The van der Waals surface area contributed by atoms with E-state index in [9.17, 15) is 0 Å². The molecule has 182 valence electrons. The molecule has 3 rings (SSSR count). The van der Waals surface area contributed by atoms with Gasteiger partial charge in [-0.15, -0.1) is 0 Å². The summed E-state index contributed by atoms with van der Waals surface area (Å²) < 4.78 is 19.7. The van der Waals surface area contributed by atoms with Gasteiger partial charge >= 0.3 is 8.60 Å². The highest BCUT2D eigenvalue weighted by Gasteiger charge is 2.26. The predicted octanol–water partition coefficient (Wildman–Crippen LogP) is 9.75. The van der Waals surface area contributed by atoms with Crippen LogP contribution in [0.15, 0.2) is 54.6 Å². The van der Waals surface area contributed by atoms with Crippen molar-refractivity contribution in [3.05, 3.63) is 88.0 Å². The Bertz CT molecular complexity index is 977. The average molecular weight is 479 g/mol. The molecule has 3 aromatic carbocycles. The Labute approximate surface area is 207 Å². The summed E-state index contributed by atoms with van der Waals surface area (Å²) in [5.74, 6) is 3.42. The van der Waals surface area contributed by atoms with Crippen molar-refractivity contribution < 1.29 is 13.6 Å². The third kappa shape index (κ3) is 6.54. The van der Waals surface area contributed by atoms with Crippen LogP contribution in [-0.4, -0.2) is 0 Å². The largest absolute Gasteiger partial charge is 0.530 e. The minimum Gasteiger partial charge on any atom is -0.408 e. The van der Waals surface area contributed by atoms with Gasteiger partial charge in [-0.25, -0.2) is 0 Å². The summed E-state index contributed by atoms with van der Waals surface area (Å²) in [6.45, 7) is 19.3. The molecule has 0 saturated heterocycles. The SMILES string of the molecule is Cc1ccc(C(C)C)c(OP(Oc2cc(C)ccc2C(C)C)Oc2cc(C)ccc2C(C)C)c1. The van der Waals surface area contributed by atoms with E-state index in [1.54, 1.807) is 0 Å². The van der Waals surface area contributed by atoms with Crippen LogP contribution in [0.2, 0.25) is 0 Å². The maximum atomic E-state index is 6.57. The molecule has 0 aromatic heterocycles. The fraction of sp³-hybridized carbons (Fsp3) is 0.400. The maximum Gasteiger partial charge on any atom is 0.530 e. The van der Waals surface area contributed by atoms with Crippen molar-refractivity contribution in [2.24, 2.45) is 0 Å². The fourth-order valence-electron chi connectivity index (χ4n) is 3.89. The van der Waals surface area contributed by atoms with Crippen molar-refractivity contribution in [2.75, 3.05) is 0 Å². The minimum absolute atomic E-state index is 0.322. The second kappa shape index (κ2) is 11.3. The fourth-order valence-corrected chi connectivity index (χ4v) is 4.96. The molecular formula is C30H39O3P. The number of benzene rings is 3. The lowest BCUT2D eigenvalue weighted by Gasteiger charge is -2.24. The van der Waals surface area contributed by atoms with Crippen LogP contribution in [0.5, 0.6) is 17.2 Å². The average Bonchev–Trinajstić information content (AvgIpc) is 2.73. The van der Waals surface area contributed by atoms with E-state index >= 15 is 0 Å². The lowest BCUT2D eigenvalue weighted by atomic mass is 10.0. The van der Waals surface area contributed by atoms with Crippen molar-refractivity contribution in [1.29, 1.82) is 0 Å². The number of hydrogen-bond donors (Lipinski definition) is 0. The summed E-state index contributed by atoms with van der Waals surface area (Å²) in [5, 5.41) is 0. The monoisotopic (exact) mass is 478 g/mol. The van der Waals surface area contributed by atoms with Crippen molar-refractivity contribution >= 4 is 8.60 Å². The molecule has 0 N–H and O–H groups in total. The van der Waals surface area contributed by atoms with E-state index in [1.807, 2.05) is 0 Å². The molecule has 0 aliphatic heterocycles. The molecule has 0 heterocycles. The van der Waals surface area contributed by atoms with Gasteiger partial charge in [0.05, 0.1) is 0 Å². The van der Waals surface area contributed by atoms with Gasteiger partial charge in [0.2, 0.25) is 0 Å². The summed E-state index contributed by atoms with van der Waals surface area (Å²) >= 11 is 0. The van der Waals surface area contributed by atoms with Gasteiger partial charge in [-0.2, -0.15) is 0 Å². The van der Waals surface area contributed by atoms with Crippen LogP contribution >= 0.6 is 8.60 Å². The molecule has 0 fully saturated rings. The summed E-state index contributed by atoms with van der Waals surface area (Å²) in [5.41, 5.74) is 6.87. The van der Waals surface area contributed by atoms with Gasteiger partial charge < -0.3 is 13.6 Å². The van der Waals surface area contributed by atoms with E-state index in [-0.39, 0.29) is 0 Å². The zero-order valence-corrected chi connectivity index (χ0v) is 23.0. The van der Waals surface area contributed by atoms with E-state index in [0.717, 1.165) is 50.6 Å². The normalized spacial score (nSPS) is 11.6. The predicted molar refractivity (Wildman–Crippen MR) is 145 cm³/mol. The number of hydrogen-bond acceptors (Lipinski definition) is 3. The number of aryl methyl sites for hydroxylation is 3. The summed E-state index contributed by atoms with van der Waals surface area (Å²) in [6.07, 6.45) is 0. The van der Waals surface area contributed by atoms with Gasteiger partial charge in [0.15, 0.2) is 0 Å². The highest BCUT2D eigenvalue weighted by molar-refractivity contribution is 7.43. The lowest BCUT2D eigenvalue weighted by molar-refractivity contribution is 0.381. The summed E-state index contributed by atoms with van der Waals surface area (Å²) in [7, 11) is -1.75. The maximum absolute atomic E-state index is 6.57. The summed E-state index contributed by atoms with van der Waals surface area (Å²) in [6, 6.07) is 19.0. The Hall–Kier alpha value is -2.51. The molecule has 0 aliphatic rings. The molecule has 0 radical (unpaired) electrons. The van der Waals surface area contributed by atoms with Crippen molar-refractivity contribution in [1.82, 2.24) is 0 Å². The molecule has 3 aromatic rings. The van der Waals surface area contributed by atoms with E-state index < -0.39 is 8.60 Å². The molecular weight excluding hydrogens is 439 g/mol. The minimum atomic E-state index is -1.75.